The second kappa shape index (κ2) is 4.72. The van der Waals surface area contributed by atoms with Gasteiger partial charge in [-0.25, -0.2) is 0 Å². The summed E-state index contributed by atoms with van der Waals surface area (Å²) in [6.45, 7) is 0. The average molecular weight is 267 g/mol. The molecule has 0 saturated carbocycles. The molecule has 0 aliphatic carbocycles. The van der Waals surface area contributed by atoms with Gasteiger partial charge in [-0.3, -0.25) is 9.78 Å². The number of alkyl halides is 3. The number of aromatic hydroxyl groups is 1. The van der Waals surface area contributed by atoms with Crippen molar-refractivity contribution >= 4 is 5.78 Å². The van der Waals surface area contributed by atoms with Crippen LogP contribution in [0, 0.1) is 0 Å². The molecule has 3 nitrogen and oxygen atoms in total. The molecule has 6 heteroatoms. The quantitative estimate of drug-likeness (QED) is 0.851. The molecule has 0 aliphatic rings. The second-order valence-corrected chi connectivity index (χ2v) is 3.77. The van der Waals surface area contributed by atoms with Crippen molar-refractivity contribution in [3.05, 3.63) is 59.4 Å². The van der Waals surface area contributed by atoms with Crippen molar-refractivity contribution in [3.8, 4) is 5.75 Å². The van der Waals surface area contributed by atoms with Gasteiger partial charge < -0.3 is 5.11 Å². The van der Waals surface area contributed by atoms with E-state index in [0.717, 1.165) is 6.07 Å². The van der Waals surface area contributed by atoms with Gasteiger partial charge in [0.1, 0.15) is 11.4 Å². The molecule has 0 radical (unpaired) electrons. The number of carbonyl (C=O) groups is 1. The Morgan fingerprint density at radius 3 is 2.47 bits per heavy atom. The number of hydrogen-bond acceptors (Lipinski definition) is 3. The van der Waals surface area contributed by atoms with Crippen LogP contribution in [-0.4, -0.2) is 15.9 Å². The number of pyridine rings is 1. The summed E-state index contributed by atoms with van der Waals surface area (Å²) in [6.07, 6.45) is -3.23. The zero-order valence-electron chi connectivity index (χ0n) is 9.48. The number of aromatic nitrogens is 1. The van der Waals surface area contributed by atoms with Gasteiger partial charge in [0.15, 0.2) is 0 Å². The first-order valence-corrected chi connectivity index (χ1v) is 5.25. The molecular formula is C13H8F3NO2. The van der Waals surface area contributed by atoms with Crippen LogP contribution in [0.25, 0.3) is 0 Å². The number of ketones is 1. The van der Waals surface area contributed by atoms with Gasteiger partial charge in [0, 0.05) is 6.20 Å². The summed E-state index contributed by atoms with van der Waals surface area (Å²) in [5.74, 6) is -1.27. The maximum Gasteiger partial charge on any atom is 0.416 e. The molecule has 0 bridgehead atoms. The molecule has 0 unspecified atom stereocenters. The van der Waals surface area contributed by atoms with E-state index in [0.29, 0.717) is 12.1 Å². The molecule has 0 spiro atoms. The lowest BCUT2D eigenvalue weighted by Gasteiger charge is -2.09. The molecule has 0 fully saturated rings. The van der Waals surface area contributed by atoms with Gasteiger partial charge in [-0.15, -0.1) is 0 Å². The van der Waals surface area contributed by atoms with Gasteiger partial charge in [-0.2, -0.15) is 13.2 Å². The molecule has 1 aromatic carbocycles. The number of hydrogen-bond donors (Lipinski definition) is 1. The zero-order chi connectivity index (χ0) is 14.0. The topological polar surface area (TPSA) is 50.2 Å². The zero-order valence-corrected chi connectivity index (χ0v) is 9.48. The largest absolute Gasteiger partial charge is 0.507 e. The number of benzene rings is 1. The fourth-order valence-electron chi connectivity index (χ4n) is 1.53. The van der Waals surface area contributed by atoms with Gasteiger partial charge in [0.2, 0.25) is 5.78 Å². The summed E-state index contributed by atoms with van der Waals surface area (Å²) in [5.41, 5.74) is -1.45. The fourth-order valence-corrected chi connectivity index (χ4v) is 1.53. The van der Waals surface area contributed by atoms with Crippen LogP contribution in [0.15, 0.2) is 42.6 Å². The Kier molecular flexibility index (Phi) is 3.25. The van der Waals surface area contributed by atoms with E-state index in [1.165, 1.54) is 18.3 Å². The molecule has 1 heterocycles. The van der Waals surface area contributed by atoms with Crippen LogP contribution in [0.2, 0.25) is 0 Å². The van der Waals surface area contributed by atoms with Gasteiger partial charge >= 0.3 is 6.18 Å². The van der Waals surface area contributed by atoms with E-state index in [9.17, 15) is 23.1 Å². The first-order valence-electron chi connectivity index (χ1n) is 5.25. The molecule has 98 valence electrons. The number of halogens is 3. The lowest BCUT2D eigenvalue weighted by atomic mass is 10.0. The van der Waals surface area contributed by atoms with Crippen molar-refractivity contribution in [1.29, 1.82) is 0 Å². The average Bonchev–Trinajstić information content (AvgIpc) is 2.38. The fraction of sp³-hybridized carbons (Fsp3) is 0.0769. The summed E-state index contributed by atoms with van der Waals surface area (Å²) in [5, 5.41) is 9.52. The van der Waals surface area contributed by atoms with Crippen molar-refractivity contribution in [1.82, 2.24) is 4.98 Å². The van der Waals surface area contributed by atoms with E-state index < -0.39 is 28.8 Å². The minimum absolute atomic E-state index is 0.0304. The first kappa shape index (κ1) is 13.1. The maximum atomic E-state index is 12.6. The van der Waals surface area contributed by atoms with Crippen LogP contribution >= 0.6 is 0 Å². The molecule has 19 heavy (non-hydrogen) atoms. The number of rotatable bonds is 2. The van der Waals surface area contributed by atoms with E-state index in [2.05, 4.69) is 4.98 Å². The third-order valence-corrected chi connectivity index (χ3v) is 2.47. The number of phenols is 1. The molecule has 0 aliphatic heterocycles. The second-order valence-electron chi connectivity index (χ2n) is 3.77. The summed E-state index contributed by atoms with van der Waals surface area (Å²) < 4.78 is 37.7. The third-order valence-electron chi connectivity index (χ3n) is 2.47. The van der Waals surface area contributed by atoms with E-state index in [1.807, 2.05) is 0 Å². The van der Waals surface area contributed by atoms with E-state index in [1.54, 1.807) is 6.07 Å². The smallest absolute Gasteiger partial charge is 0.416 e. The lowest BCUT2D eigenvalue weighted by molar-refractivity contribution is -0.137. The van der Waals surface area contributed by atoms with E-state index >= 15 is 0 Å². The number of carbonyl (C=O) groups excluding carboxylic acids is 1. The van der Waals surface area contributed by atoms with Gasteiger partial charge in [-0.1, -0.05) is 6.07 Å². The van der Waals surface area contributed by atoms with E-state index in [4.69, 9.17) is 0 Å². The highest BCUT2D eigenvalue weighted by atomic mass is 19.4. The van der Waals surface area contributed by atoms with Gasteiger partial charge in [0.25, 0.3) is 0 Å². The Labute approximate surface area is 106 Å². The minimum Gasteiger partial charge on any atom is -0.507 e. The highest BCUT2D eigenvalue weighted by molar-refractivity contribution is 6.09. The summed E-state index contributed by atoms with van der Waals surface area (Å²) in [7, 11) is 0. The Morgan fingerprint density at radius 2 is 1.89 bits per heavy atom. The Hall–Kier alpha value is -2.37. The summed E-state index contributed by atoms with van der Waals surface area (Å²) >= 11 is 0. The molecule has 0 atom stereocenters. The van der Waals surface area contributed by atoms with Crippen molar-refractivity contribution in [3.63, 3.8) is 0 Å². The predicted molar refractivity (Wildman–Crippen MR) is 60.8 cm³/mol. The van der Waals surface area contributed by atoms with Crippen LogP contribution in [-0.2, 0) is 6.18 Å². The van der Waals surface area contributed by atoms with Crippen molar-refractivity contribution in [2.45, 2.75) is 6.18 Å². The summed E-state index contributed by atoms with van der Waals surface area (Å²) in [6, 6.07) is 6.64. The SMILES string of the molecule is O=C(c1ccccn1)c1cc(C(F)(F)F)ccc1O. The maximum absolute atomic E-state index is 12.6. The van der Waals surface area contributed by atoms with Gasteiger partial charge in [-0.05, 0) is 30.3 Å². The van der Waals surface area contributed by atoms with Crippen LogP contribution < -0.4 is 0 Å². The number of nitrogens with zero attached hydrogens (tertiary/aromatic N) is 1. The predicted octanol–water partition coefficient (Wildman–Crippen LogP) is 3.04. The van der Waals surface area contributed by atoms with Crippen molar-refractivity contribution < 1.29 is 23.1 Å². The molecule has 2 aromatic rings. The highest BCUT2D eigenvalue weighted by Crippen LogP contribution is 2.32. The van der Waals surface area contributed by atoms with Crippen LogP contribution in [0.3, 0.4) is 0 Å². The minimum atomic E-state index is -4.58. The Balaban J connectivity index is 2.48. The Morgan fingerprint density at radius 1 is 1.16 bits per heavy atom. The van der Waals surface area contributed by atoms with Crippen molar-refractivity contribution in [2.24, 2.45) is 0 Å². The Bertz CT molecular complexity index is 609. The monoisotopic (exact) mass is 267 g/mol. The molecule has 1 aromatic heterocycles. The van der Waals surface area contributed by atoms with Gasteiger partial charge in [0.05, 0.1) is 11.1 Å². The van der Waals surface area contributed by atoms with Crippen LogP contribution in [0.1, 0.15) is 21.6 Å². The third kappa shape index (κ3) is 2.73. The molecule has 0 saturated heterocycles. The highest BCUT2D eigenvalue weighted by Gasteiger charge is 2.32. The molecular weight excluding hydrogens is 259 g/mol. The standard InChI is InChI=1S/C13H8F3NO2/c14-13(15,16)8-4-5-11(18)9(7-8)12(19)10-3-1-2-6-17-10/h1-7,18H. The van der Waals surface area contributed by atoms with E-state index in [-0.39, 0.29) is 5.69 Å². The lowest BCUT2D eigenvalue weighted by Crippen LogP contribution is -2.09. The van der Waals surface area contributed by atoms with Crippen LogP contribution in [0.4, 0.5) is 13.2 Å². The molecule has 2 rings (SSSR count). The number of phenolic OH excluding ortho intramolecular Hbond substituents is 1. The first-order chi connectivity index (χ1) is 8.89. The van der Waals surface area contributed by atoms with Crippen molar-refractivity contribution in [2.75, 3.05) is 0 Å². The summed E-state index contributed by atoms with van der Waals surface area (Å²) in [4.78, 5) is 15.7. The molecule has 1 N–H and O–H groups in total. The van der Waals surface area contributed by atoms with Crippen LogP contribution in [0.5, 0.6) is 5.75 Å². The molecule has 0 amide bonds. The normalized spacial score (nSPS) is 11.3.